The van der Waals surface area contributed by atoms with Crippen molar-refractivity contribution in [2.75, 3.05) is 5.75 Å². The van der Waals surface area contributed by atoms with Gasteiger partial charge in [-0.25, -0.2) is 4.98 Å². The van der Waals surface area contributed by atoms with Gasteiger partial charge in [-0.05, 0) is 67.1 Å². The van der Waals surface area contributed by atoms with E-state index in [1.807, 2.05) is 36.0 Å². The highest BCUT2D eigenvalue weighted by molar-refractivity contribution is 7.99. The smallest absolute Gasteiger partial charge is 0.141 e. The van der Waals surface area contributed by atoms with E-state index in [1.54, 1.807) is 0 Å². The second-order valence-corrected chi connectivity index (χ2v) is 8.62. The first-order valence-electron chi connectivity index (χ1n) is 9.58. The second kappa shape index (κ2) is 8.42. The molecule has 3 aromatic carbocycles. The summed E-state index contributed by atoms with van der Waals surface area (Å²) in [6.45, 7) is 5.12. The molecule has 1 heterocycles. The summed E-state index contributed by atoms with van der Waals surface area (Å²) in [5.41, 5.74) is 5.82. The molecule has 0 unspecified atom stereocenters. The van der Waals surface area contributed by atoms with Gasteiger partial charge in [0.1, 0.15) is 5.82 Å². The van der Waals surface area contributed by atoms with E-state index in [0.29, 0.717) is 0 Å². The van der Waals surface area contributed by atoms with Crippen LogP contribution in [0.2, 0.25) is 5.02 Å². The van der Waals surface area contributed by atoms with Gasteiger partial charge in [0.25, 0.3) is 0 Å². The fourth-order valence-corrected chi connectivity index (χ4v) is 4.19. The number of rotatable bonds is 6. The van der Waals surface area contributed by atoms with Crippen molar-refractivity contribution in [1.29, 1.82) is 0 Å². The van der Waals surface area contributed by atoms with Crippen LogP contribution in [-0.2, 0) is 6.54 Å². The molecule has 0 N–H and O–H groups in total. The van der Waals surface area contributed by atoms with Gasteiger partial charge in [-0.2, -0.15) is 0 Å². The van der Waals surface area contributed by atoms with Crippen LogP contribution in [-0.4, -0.2) is 15.3 Å². The molecule has 0 atom stereocenters. The zero-order chi connectivity index (χ0) is 19.5. The highest BCUT2D eigenvalue weighted by atomic mass is 35.5. The number of imidazole rings is 1. The average Bonchev–Trinajstić information content (AvgIpc) is 3.06. The van der Waals surface area contributed by atoms with Crippen molar-refractivity contribution in [3.63, 3.8) is 0 Å². The molecule has 142 valence electrons. The first kappa shape index (κ1) is 19.1. The Morgan fingerprint density at radius 2 is 1.71 bits per heavy atom. The van der Waals surface area contributed by atoms with E-state index in [1.165, 1.54) is 28.0 Å². The molecule has 0 radical (unpaired) electrons. The third-order valence-electron chi connectivity index (χ3n) is 4.76. The molecule has 0 saturated heterocycles. The summed E-state index contributed by atoms with van der Waals surface area (Å²) in [6.07, 6.45) is 1.17. The van der Waals surface area contributed by atoms with E-state index in [4.69, 9.17) is 16.6 Å². The van der Waals surface area contributed by atoms with Crippen molar-refractivity contribution in [2.45, 2.75) is 31.7 Å². The molecule has 1 aromatic heterocycles. The Kier molecular flexibility index (Phi) is 5.74. The third kappa shape index (κ3) is 4.11. The molecule has 0 aliphatic rings. The molecule has 0 aliphatic carbocycles. The molecule has 0 aliphatic heterocycles. The molecule has 4 heteroatoms. The molecule has 4 rings (SSSR count). The Hall–Kier alpha value is -2.23. The van der Waals surface area contributed by atoms with Crippen LogP contribution in [0.1, 0.15) is 24.5 Å². The number of aryl methyl sites for hydroxylation is 1. The van der Waals surface area contributed by atoms with E-state index in [0.717, 1.165) is 34.2 Å². The van der Waals surface area contributed by atoms with E-state index in [9.17, 15) is 0 Å². The molecule has 0 saturated carbocycles. The number of nitrogens with zero attached hydrogens (tertiary/aromatic N) is 2. The fraction of sp³-hybridized carbons (Fsp3) is 0.208. The first-order valence-corrected chi connectivity index (χ1v) is 10.9. The predicted molar refractivity (Wildman–Crippen MR) is 121 cm³/mol. The minimum atomic E-state index is 0.739. The lowest BCUT2D eigenvalue weighted by Crippen LogP contribution is -2.02. The van der Waals surface area contributed by atoms with Gasteiger partial charge in [0, 0.05) is 22.0 Å². The van der Waals surface area contributed by atoms with Gasteiger partial charge in [0.15, 0.2) is 0 Å². The fourth-order valence-electron chi connectivity index (χ4n) is 3.27. The Morgan fingerprint density at radius 3 is 2.43 bits per heavy atom. The molecular formula is C24H23ClN2S. The molecular weight excluding hydrogens is 384 g/mol. The lowest BCUT2D eigenvalue weighted by atomic mass is 10.1. The topological polar surface area (TPSA) is 17.8 Å². The van der Waals surface area contributed by atoms with Gasteiger partial charge < -0.3 is 4.57 Å². The monoisotopic (exact) mass is 406 g/mol. The lowest BCUT2D eigenvalue weighted by molar-refractivity contribution is 0.833. The Balaban J connectivity index is 1.83. The van der Waals surface area contributed by atoms with Crippen molar-refractivity contribution in [1.82, 2.24) is 9.55 Å². The number of benzene rings is 3. The summed E-state index contributed by atoms with van der Waals surface area (Å²) in [7, 11) is 0. The van der Waals surface area contributed by atoms with Crippen LogP contribution in [0.5, 0.6) is 0 Å². The minimum Gasteiger partial charge on any atom is -0.319 e. The van der Waals surface area contributed by atoms with Gasteiger partial charge in [-0.3, -0.25) is 0 Å². The highest BCUT2D eigenvalue weighted by Crippen LogP contribution is 2.30. The molecule has 0 bridgehead atoms. The number of thioether (sulfide) groups is 1. The van der Waals surface area contributed by atoms with Crippen LogP contribution in [0.4, 0.5) is 0 Å². The standard InChI is InChI=1S/C24H23ClN2S/c1-3-14-28-21-12-13-22-23(15-21)27(16-18-6-4-17(2)5-7-18)24(26-22)19-8-10-20(25)11-9-19/h4-13,15H,3,14,16H2,1-2H3. The number of hydrogen-bond donors (Lipinski definition) is 0. The summed E-state index contributed by atoms with van der Waals surface area (Å²) < 4.78 is 2.32. The van der Waals surface area contributed by atoms with E-state index in [-0.39, 0.29) is 0 Å². The van der Waals surface area contributed by atoms with Gasteiger partial charge in [0.2, 0.25) is 0 Å². The van der Waals surface area contributed by atoms with Crippen LogP contribution in [0.25, 0.3) is 22.4 Å². The molecule has 2 nitrogen and oxygen atoms in total. The van der Waals surface area contributed by atoms with Crippen molar-refractivity contribution >= 4 is 34.4 Å². The summed E-state index contributed by atoms with van der Waals surface area (Å²) in [6, 6.07) is 23.3. The Labute approximate surface area is 175 Å². The second-order valence-electron chi connectivity index (χ2n) is 7.01. The molecule has 0 amide bonds. The largest absolute Gasteiger partial charge is 0.319 e. The van der Waals surface area contributed by atoms with Crippen molar-refractivity contribution in [3.8, 4) is 11.4 Å². The van der Waals surface area contributed by atoms with Crippen LogP contribution in [0, 0.1) is 6.92 Å². The maximum Gasteiger partial charge on any atom is 0.141 e. The van der Waals surface area contributed by atoms with Crippen LogP contribution in [0.15, 0.2) is 71.6 Å². The maximum absolute atomic E-state index is 6.10. The summed E-state index contributed by atoms with van der Waals surface area (Å²) >= 11 is 8.00. The van der Waals surface area contributed by atoms with Crippen molar-refractivity contribution in [2.24, 2.45) is 0 Å². The number of aromatic nitrogens is 2. The minimum absolute atomic E-state index is 0.739. The average molecular weight is 407 g/mol. The van der Waals surface area contributed by atoms with E-state index < -0.39 is 0 Å². The van der Waals surface area contributed by atoms with Crippen LogP contribution < -0.4 is 0 Å². The number of hydrogen-bond acceptors (Lipinski definition) is 2. The van der Waals surface area contributed by atoms with Crippen molar-refractivity contribution < 1.29 is 0 Å². The maximum atomic E-state index is 6.10. The van der Waals surface area contributed by atoms with Gasteiger partial charge >= 0.3 is 0 Å². The van der Waals surface area contributed by atoms with Crippen LogP contribution in [0.3, 0.4) is 0 Å². The molecule has 0 spiro atoms. The van der Waals surface area contributed by atoms with Gasteiger partial charge in [-0.1, -0.05) is 48.4 Å². The molecule has 28 heavy (non-hydrogen) atoms. The van der Waals surface area contributed by atoms with Crippen LogP contribution >= 0.6 is 23.4 Å². The quantitative estimate of drug-likeness (QED) is 0.314. The SMILES string of the molecule is CCCSc1ccc2nc(-c3ccc(Cl)cc3)n(Cc3ccc(C)cc3)c2c1. The summed E-state index contributed by atoms with van der Waals surface area (Å²) in [5.74, 6) is 2.10. The summed E-state index contributed by atoms with van der Waals surface area (Å²) in [4.78, 5) is 6.25. The van der Waals surface area contributed by atoms with Gasteiger partial charge in [-0.15, -0.1) is 11.8 Å². The Bertz CT molecular complexity index is 1080. The van der Waals surface area contributed by atoms with Gasteiger partial charge in [0.05, 0.1) is 11.0 Å². The lowest BCUT2D eigenvalue weighted by Gasteiger charge is -2.11. The number of halogens is 1. The molecule has 4 aromatic rings. The van der Waals surface area contributed by atoms with E-state index in [2.05, 4.69) is 60.9 Å². The van der Waals surface area contributed by atoms with E-state index >= 15 is 0 Å². The van der Waals surface area contributed by atoms with Crippen molar-refractivity contribution in [3.05, 3.63) is 82.9 Å². The number of fused-ring (bicyclic) bond motifs is 1. The zero-order valence-corrected chi connectivity index (χ0v) is 17.7. The Morgan fingerprint density at radius 1 is 0.964 bits per heavy atom. The zero-order valence-electron chi connectivity index (χ0n) is 16.2. The predicted octanol–water partition coefficient (Wildman–Crippen LogP) is 7.22. The highest BCUT2D eigenvalue weighted by Gasteiger charge is 2.14. The molecule has 0 fully saturated rings. The normalized spacial score (nSPS) is 11.2. The first-order chi connectivity index (χ1) is 13.6. The third-order valence-corrected chi connectivity index (χ3v) is 6.21. The summed E-state index contributed by atoms with van der Waals surface area (Å²) in [5, 5.41) is 0.739.